The summed E-state index contributed by atoms with van der Waals surface area (Å²) in [5, 5.41) is 3.61. The average Bonchev–Trinajstić information content (AvgIpc) is 3.10. The lowest BCUT2D eigenvalue weighted by atomic mass is 10.3. The van der Waals surface area contributed by atoms with Crippen molar-refractivity contribution < 1.29 is 9.26 Å². The number of nitrogens with zero attached hydrogens (tertiary/aromatic N) is 3. The molecule has 6 nitrogen and oxygen atoms in total. The van der Waals surface area contributed by atoms with Gasteiger partial charge in [0.25, 0.3) is 0 Å². The first-order chi connectivity index (χ1) is 10.3. The molecule has 21 heavy (non-hydrogen) atoms. The van der Waals surface area contributed by atoms with Gasteiger partial charge in [0.05, 0.1) is 12.1 Å². The average molecular weight is 304 g/mol. The number of benzene rings is 1. The largest absolute Gasteiger partial charge is 0.491 e. The molecule has 0 saturated heterocycles. The van der Waals surface area contributed by atoms with Crippen LogP contribution < -0.4 is 4.74 Å². The maximum absolute atomic E-state index is 5.76. The van der Waals surface area contributed by atoms with Crippen LogP contribution in [0.5, 0.6) is 5.75 Å². The Kier molecular flexibility index (Phi) is 4.01. The number of aromatic amines is 1. The minimum atomic E-state index is 0.602. The molecule has 0 aliphatic heterocycles. The van der Waals surface area contributed by atoms with Crippen LogP contribution in [0.2, 0.25) is 0 Å². The van der Waals surface area contributed by atoms with Crippen molar-refractivity contribution in [3.05, 3.63) is 35.2 Å². The molecule has 7 heteroatoms. The highest BCUT2D eigenvalue weighted by Gasteiger charge is 2.10. The van der Waals surface area contributed by atoms with Crippen molar-refractivity contribution in [2.75, 3.05) is 6.61 Å². The minimum Gasteiger partial charge on any atom is -0.491 e. The number of ether oxygens (including phenoxy) is 1. The lowest BCUT2D eigenvalue weighted by molar-refractivity contribution is 0.320. The summed E-state index contributed by atoms with van der Waals surface area (Å²) in [6.45, 7) is 3.45. The number of nitrogens with one attached hydrogen (secondary N) is 1. The highest BCUT2D eigenvalue weighted by Crippen LogP contribution is 2.25. The Bertz CT molecular complexity index is 776. The maximum atomic E-state index is 5.76. The molecular formula is C14H16N4O2S. The van der Waals surface area contributed by atoms with E-state index in [4.69, 9.17) is 21.5 Å². The standard InChI is InChI=1S/C14H16N4O2S/c1-2-8-19-11-5-3-4-10-13(11)17-14(21)18(10)7-6-12-15-9-16-20-12/h3-5,9H,2,6-8H2,1H3,(H,17,21). The van der Waals surface area contributed by atoms with E-state index in [1.807, 2.05) is 22.8 Å². The van der Waals surface area contributed by atoms with E-state index in [9.17, 15) is 0 Å². The van der Waals surface area contributed by atoms with Crippen LogP contribution in [0.15, 0.2) is 29.0 Å². The molecule has 1 N–H and O–H groups in total. The van der Waals surface area contributed by atoms with Gasteiger partial charge in [0, 0.05) is 13.0 Å². The van der Waals surface area contributed by atoms with E-state index in [1.54, 1.807) is 0 Å². The number of rotatable bonds is 6. The fraction of sp³-hybridized carbons (Fsp3) is 0.357. The van der Waals surface area contributed by atoms with Gasteiger partial charge in [0.2, 0.25) is 5.89 Å². The summed E-state index contributed by atoms with van der Waals surface area (Å²) in [4.78, 5) is 7.24. The van der Waals surface area contributed by atoms with Gasteiger partial charge < -0.3 is 18.8 Å². The number of imidazole rings is 1. The second kappa shape index (κ2) is 6.09. The van der Waals surface area contributed by atoms with E-state index in [-0.39, 0.29) is 0 Å². The van der Waals surface area contributed by atoms with E-state index < -0.39 is 0 Å². The molecule has 1 aromatic carbocycles. The van der Waals surface area contributed by atoms with Crippen LogP contribution in [0.1, 0.15) is 19.2 Å². The van der Waals surface area contributed by atoms with E-state index in [2.05, 4.69) is 22.0 Å². The number of hydrogen-bond donors (Lipinski definition) is 1. The third-order valence-corrected chi connectivity index (χ3v) is 3.51. The van der Waals surface area contributed by atoms with Crippen molar-refractivity contribution in [1.29, 1.82) is 0 Å². The Labute approximate surface area is 126 Å². The second-order valence-corrected chi connectivity index (χ2v) is 5.05. The molecular weight excluding hydrogens is 288 g/mol. The molecule has 0 fully saturated rings. The molecule has 0 spiro atoms. The van der Waals surface area contributed by atoms with E-state index in [1.165, 1.54) is 6.33 Å². The fourth-order valence-electron chi connectivity index (χ4n) is 2.22. The monoisotopic (exact) mass is 304 g/mol. The zero-order valence-corrected chi connectivity index (χ0v) is 12.5. The third-order valence-electron chi connectivity index (χ3n) is 3.19. The first-order valence-electron chi connectivity index (χ1n) is 6.89. The fourth-order valence-corrected chi connectivity index (χ4v) is 2.51. The molecule has 0 bridgehead atoms. The van der Waals surface area contributed by atoms with Gasteiger partial charge in [-0.1, -0.05) is 18.1 Å². The Balaban J connectivity index is 1.91. The number of aromatic nitrogens is 4. The SMILES string of the molecule is CCCOc1cccc2c1[nH]c(=S)n2CCc1ncno1. The molecule has 0 saturated carbocycles. The zero-order chi connectivity index (χ0) is 14.7. The van der Waals surface area contributed by atoms with Crippen LogP contribution in [0, 0.1) is 4.77 Å². The number of H-pyrrole nitrogens is 1. The topological polar surface area (TPSA) is 68.9 Å². The summed E-state index contributed by atoms with van der Waals surface area (Å²) >= 11 is 5.41. The summed E-state index contributed by atoms with van der Waals surface area (Å²) in [5.41, 5.74) is 1.95. The summed E-state index contributed by atoms with van der Waals surface area (Å²) in [5.74, 6) is 1.43. The summed E-state index contributed by atoms with van der Waals surface area (Å²) < 4.78 is 13.5. The van der Waals surface area contributed by atoms with Crippen molar-refractivity contribution in [3.8, 4) is 5.75 Å². The summed E-state index contributed by atoms with van der Waals surface area (Å²) in [6.07, 6.45) is 3.01. The predicted octanol–water partition coefficient (Wildman–Crippen LogP) is 3.11. The zero-order valence-electron chi connectivity index (χ0n) is 11.7. The molecule has 0 radical (unpaired) electrons. The van der Waals surface area contributed by atoms with Crippen molar-refractivity contribution >= 4 is 23.3 Å². The van der Waals surface area contributed by atoms with Gasteiger partial charge >= 0.3 is 0 Å². The molecule has 0 atom stereocenters. The van der Waals surface area contributed by atoms with E-state index in [0.29, 0.717) is 30.2 Å². The Hall–Kier alpha value is -2.15. The Morgan fingerprint density at radius 1 is 1.43 bits per heavy atom. The van der Waals surface area contributed by atoms with Gasteiger partial charge in [-0.25, -0.2) is 0 Å². The molecule has 2 aromatic heterocycles. The van der Waals surface area contributed by atoms with E-state index in [0.717, 1.165) is 23.2 Å². The van der Waals surface area contributed by atoms with Gasteiger partial charge in [-0.2, -0.15) is 4.98 Å². The van der Waals surface area contributed by atoms with Crippen molar-refractivity contribution in [1.82, 2.24) is 19.7 Å². The van der Waals surface area contributed by atoms with Crippen LogP contribution in [-0.4, -0.2) is 26.3 Å². The van der Waals surface area contributed by atoms with Crippen LogP contribution in [0.4, 0.5) is 0 Å². The molecule has 2 heterocycles. The molecule has 0 amide bonds. The van der Waals surface area contributed by atoms with Crippen LogP contribution >= 0.6 is 12.2 Å². The molecule has 0 unspecified atom stereocenters. The van der Waals surface area contributed by atoms with Crippen LogP contribution in [0.3, 0.4) is 0 Å². The van der Waals surface area contributed by atoms with Crippen molar-refractivity contribution in [2.24, 2.45) is 0 Å². The van der Waals surface area contributed by atoms with Gasteiger partial charge in [-0.3, -0.25) is 0 Å². The predicted molar refractivity (Wildman–Crippen MR) is 80.9 cm³/mol. The lowest BCUT2D eigenvalue weighted by Gasteiger charge is -2.06. The molecule has 3 aromatic rings. The van der Waals surface area contributed by atoms with Gasteiger partial charge in [-0.05, 0) is 30.8 Å². The van der Waals surface area contributed by atoms with Gasteiger partial charge in [-0.15, -0.1) is 0 Å². The Morgan fingerprint density at radius 2 is 2.33 bits per heavy atom. The smallest absolute Gasteiger partial charge is 0.228 e. The minimum absolute atomic E-state index is 0.602. The van der Waals surface area contributed by atoms with Crippen molar-refractivity contribution in [2.45, 2.75) is 26.3 Å². The summed E-state index contributed by atoms with van der Waals surface area (Å²) in [6, 6.07) is 5.94. The highest BCUT2D eigenvalue weighted by molar-refractivity contribution is 7.71. The molecule has 110 valence electrons. The number of fused-ring (bicyclic) bond motifs is 1. The van der Waals surface area contributed by atoms with Gasteiger partial charge in [0.15, 0.2) is 11.1 Å². The van der Waals surface area contributed by atoms with Crippen molar-refractivity contribution in [3.63, 3.8) is 0 Å². The maximum Gasteiger partial charge on any atom is 0.228 e. The first kappa shape index (κ1) is 13.8. The molecule has 0 aliphatic rings. The second-order valence-electron chi connectivity index (χ2n) is 4.67. The number of para-hydroxylation sites is 1. The van der Waals surface area contributed by atoms with Crippen LogP contribution in [-0.2, 0) is 13.0 Å². The van der Waals surface area contributed by atoms with E-state index >= 15 is 0 Å². The molecule has 0 aliphatic carbocycles. The first-order valence-corrected chi connectivity index (χ1v) is 7.30. The quantitative estimate of drug-likeness (QED) is 0.709. The lowest BCUT2D eigenvalue weighted by Crippen LogP contribution is -2.01. The number of hydrogen-bond acceptors (Lipinski definition) is 5. The summed E-state index contributed by atoms with van der Waals surface area (Å²) in [7, 11) is 0. The Morgan fingerprint density at radius 3 is 3.10 bits per heavy atom. The normalized spacial score (nSPS) is 11.1. The molecule has 3 rings (SSSR count). The highest BCUT2D eigenvalue weighted by atomic mass is 32.1. The third kappa shape index (κ3) is 2.82. The number of aryl methyl sites for hydroxylation is 2. The van der Waals surface area contributed by atoms with Crippen LogP contribution in [0.25, 0.3) is 11.0 Å². The van der Waals surface area contributed by atoms with Gasteiger partial charge in [0.1, 0.15) is 11.3 Å².